The maximum atomic E-state index is 5.68. The zero-order chi connectivity index (χ0) is 13.1. The van der Waals surface area contributed by atoms with Gasteiger partial charge in [0, 0.05) is 11.8 Å². The number of nitrogens with zero attached hydrogens (tertiary/aromatic N) is 4. The third-order valence-corrected chi connectivity index (χ3v) is 3.03. The third-order valence-electron chi connectivity index (χ3n) is 2.75. The van der Waals surface area contributed by atoms with Gasteiger partial charge in [-0.05, 0) is 5.56 Å². The molecule has 0 fully saturated rings. The van der Waals surface area contributed by atoms with Crippen molar-refractivity contribution < 1.29 is 0 Å². The Labute approximate surface area is 115 Å². The summed E-state index contributed by atoms with van der Waals surface area (Å²) in [5.41, 5.74) is 2.92. The monoisotopic (exact) mass is 270 g/mol. The molecule has 0 aliphatic rings. The molecule has 0 aliphatic carbocycles. The Balaban J connectivity index is 1.92. The minimum absolute atomic E-state index is 0.363. The van der Waals surface area contributed by atoms with Gasteiger partial charge in [0.05, 0.1) is 30.2 Å². The summed E-state index contributed by atoms with van der Waals surface area (Å²) in [4.78, 5) is 8.48. The van der Waals surface area contributed by atoms with Crippen LogP contribution in [-0.2, 0) is 5.88 Å². The van der Waals surface area contributed by atoms with E-state index >= 15 is 0 Å². The minimum Gasteiger partial charge on any atom is -0.254 e. The molecule has 5 heteroatoms. The Morgan fingerprint density at radius 3 is 2.47 bits per heavy atom. The summed E-state index contributed by atoms with van der Waals surface area (Å²) >= 11 is 5.68. The highest BCUT2D eigenvalue weighted by atomic mass is 35.5. The molecule has 0 spiro atoms. The quantitative estimate of drug-likeness (QED) is 0.687. The lowest BCUT2D eigenvalue weighted by molar-refractivity contribution is 0.832. The van der Waals surface area contributed by atoms with Crippen LogP contribution in [-0.4, -0.2) is 19.7 Å². The molecule has 0 atom stereocenters. The smallest absolute Gasteiger partial charge is 0.171 e. The van der Waals surface area contributed by atoms with Crippen LogP contribution in [0.4, 0.5) is 0 Å². The van der Waals surface area contributed by atoms with Crippen LogP contribution in [0.3, 0.4) is 0 Å². The summed E-state index contributed by atoms with van der Waals surface area (Å²) in [6, 6.07) is 10.1. The normalized spacial score (nSPS) is 10.6. The van der Waals surface area contributed by atoms with Gasteiger partial charge in [0.2, 0.25) is 0 Å². The lowest BCUT2D eigenvalue weighted by Crippen LogP contribution is -1.99. The summed E-state index contributed by atoms with van der Waals surface area (Å²) in [5, 5.41) is 4.30. The Bertz CT molecular complexity index is 661. The maximum Gasteiger partial charge on any atom is 0.171 e. The fourth-order valence-corrected chi connectivity index (χ4v) is 1.90. The fraction of sp³-hybridized carbons (Fsp3) is 0.0714. The van der Waals surface area contributed by atoms with Crippen LogP contribution in [0.25, 0.3) is 16.9 Å². The average Bonchev–Trinajstić information content (AvgIpc) is 2.98. The number of rotatable bonds is 3. The summed E-state index contributed by atoms with van der Waals surface area (Å²) in [6.07, 6.45) is 7.07. The van der Waals surface area contributed by atoms with Crippen molar-refractivity contribution >= 4 is 11.6 Å². The van der Waals surface area contributed by atoms with Crippen molar-refractivity contribution in [2.24, 2.45) is 0 Å². The van der Waals surface area contributed by atoms with E-state index in [-0.39, 0.29) is 0 Å². The lowest BCUT2D eigenvalue weighted by Gasteiger charge is -2.00. The van der Waals surface area contributed by atoms with Crippen LogP contribution in [0.15, 0.2) is 55.1 Å². The Kier molecular flexibility index (Phi) is 3.25. The standard InChI is InChI=1S/C14H11ClN4/c15-6-13-8-17-14(9-16-13)19-10-12(7-18-19)11-4-2-1-3-5-11/h1-5,7-10H,6H2. The van der Waals surface area contributed by atoms with Gasteiger partial charge in [-0.1, -0.05) is 30.3 Å². The van der Waals surface area contributed by atoms with E-state index in [9.17, 15) is 0 Å². The van der Waals surface area contributed by atoms with Crippen LogP contribution in [0.1, 0.15) is 5.69 Å². The largest absolute Gasteiger partial charge is 0.254 e. The summed E-state index contributed by atoms with van der Waals surface area (Å²) in [6.45, 7) is 0. The Morgan fingerprint density at radius 1 is 0.947 bits per heavy atom. The molecule has 0 unspecified atom stereocenters. The molecule has 0 saturated carbocycles. The predicted octanol–water partition coefficient (Wildman–Crippen LogP) is 3.07. The third kappa shape index (κ3) is 2.48. The second kappa shape index (κ2) is 5.20. The van der Waals surface area contributed by atoms with Gasteiger partial charge >= 0.3 is 0 Å². The zero-order valence-electron chi connectivity index (χ0n) is 10.1. The van der Waals surface area contributed by atoms with Crippen LogP contribution in [0.2, 0.25) is 0 Å². The highest BCUT2D eigenvalue weighted by molar-refractivity contribution is 6.16. The molecule has 19 heavy (non-hydrogen) atoms. The first-order chi connectivity index (χ1) is 9.36. The van der Waals surface area contributed by atoms with Gasteiger partial charge in [0.25, 0.3) is 0 Å². The summed E-state index contributed by atoms with van der Waals surface area (Å²) < 4.78 is 1.70. The van der Waals surface area contributed by atoms with E-state index in [0.717, 1.165) is 16.8 Å². The van der Waals surface area contributed by atoms with Crippen molar-refractivity contribution in [3.05, 3.63) is 60.8 Å². The van der Waals surface area contributed by atoms with Gasteiger partial charge in [-0.3, -0.25) is 4.98 Å². The number of hydrogen-bond acceptors (Lipinski definition) is 3. The van der Waals surface area contributed by atoms with E-state index in [0.29, 0.717) is 11.7 Å². The van der Waals surface area contributed by atoms with E-state index in [1.165, 1.54) is 0 Å². The SMILES string of the molecule is ClCc1cnc(-n2cc(-c3ccccc3)cn2)cn1. The average molecular weight is 271 g/mol. The van der Waals surface area contributed by atoms with Crippen molar-refractivity contribution in [2.75, 3.05) is 0 Å². The lowest BCUT2D eigenvalue weighted by atomic mass is 10.1. The van der Waals surface area contributed by atoms with Gasteiger partial charge in [0.1, 0.15) is 0 Å². The van der Waals surface area contributed by atoms with E-state index < -0.39 is 0 Å². The van der Waals surface area contributed by atoms with E-state index in [1.807, 2.05) is 42.7 Å². The molecule has 0 bridgehead atoms. The van der Waals surface area contributed by atoms with Gasteiger partial charge in [0.15, 0.2) is 5.82 Å². The second-order valence-electron chi connectivity index (χ2n) is 4.04. The molecule has 0 radical (unpaired) electrons. The van der Waals surface area contributed by atoms with Crippen molar-refractivity contribution in [2.45, 2.75) is 5.88 Å². The molecule has 2 aromatic heterocycles. The Morgan fingerprint density at radius 2 is 1.79 bits per heavy atom. The number of hydrogen-bond donors (Lipinski definition) is 0. The molecule has 4 nitrogen and oxygen atoms in total. The highest BCUT2D eigenvalue weighted by Crippen LogP contribution is 2.18. The number of aromatic nitrogens is 4. The van der Waals surface area contributed by atoms with E-state index in [1.54, 1.807) is 17.1 Å². The highest BCUT2D eigenvalue weighted by Gasteiger charge is 2.04. The molecule has 94 valence electrons. The number of halogens is 1. The van der Waals surface area contributed by atoms with Gasteiger partial charge in [-0.25, -0.2) is 9.67 Å². The molecule has 2 heterocycles. The van der Waals surface area contributed by atoms with Gasteiger partial charge in [-0.15, -0.1) is 11.6 Å². The molecule has 0 aliphatic heterocycles. The zero-order valence-corrected chi connectivity index (χ0v) is 10.8. The fourth-order valence-electron chi connectivity index (χ4n) is 1.76. The minimum atomic E-state index is 0.363. The van der Waals surface area contributed by atoms with Crippen LogP contribution >= 0.6 is 11.6 Å². The first-order valence-corrected chi connectivity index (χ1v) is 6.37. The van der Waals surface area contributed by atoms with Gasteiger partial charge in [-0.2, -0.15) is 5.10 Å². The molecular formula is C14H11ClN4. The maximum absolute atomic E-state index is 5.68. The first-order valence-electron chi connectivity index (χ1n) is 5.84. The van der Waals surface area contributed by atoms with E-state index in [2.05, 4.69) is 15.1 Å². The van der Waals surface area contributed by atoms with E-state index in [4.69, 9.17) is 11.6 Å². The molecule has 1 aromatic carbocycles. The molecular weight excluding hydrogens is 260 g/mol. The molecule has 0 amide bonds. The molecule has 3 aromatic rings. The van der Waals surface area contributed by atoms with Crippen molar-refractivity contribution in [3.8, 4) is 16.9 Å². The topological polar surface area (TPSA) is 43.6 Å². The number of alkyl halides is 1. The van der Waals surface area contributed by atoms with Crippen molar-refractivity contribution in [1.29, 1.82) is 0 Å². The summed E-state index contributed by atoms with van der Waals surface area (Å²) in [7, 11) is 0. The van der Waals surface area contributed by atoms with Crippen LogP contribution in [0.5, 0.6) is 0 Å². The van der Waals surface area contributed by atoms with Crippen LogP contribution < -0.4 is 0 Å². The van der Waals surface area contributed by atoms with Crippen molar-refractivity contribution in [1.82, 2.24) is 19.7 Å². The molecule has 3 rings (SSSR count). The second-order valence-corrected chi connectivity index (χ2v) is 4.31. The van der Waals surface area contributed by atoms with Crippen molar-refractivity contribution in [3.63, 3.8) is 0 Å². The summed E-state index contributed by atoms with van der Waals surface area (Å²) in [5.74, 6) is 1.04. The molecule has 0 N–H and O–H groups in total. The van der Waals surface area contributed by atoms with Crippen LogP contribution in [0, 0.1) is 0 Å². The predicted molar refractivity (Wildman–Crippen MR) is 74.1 cm³/mol. The van der Waals surface area contributed by atoms with Gasteiger partial charge < -0.3 is 0 Å². The molecule has 0 saturated heterocycles. The Hall–Kier alpha value is -2.20. The number of benzene rings is 1. The first kappa shape index (κ1) is 11.9.